The van der Waals surface area contributed by atoms with E-state index in [1.54, 1.807) is 4.57 Å². The van der Waals surface area contributed by atoms with Crippen LogP contribution in [-0.4, -0.2) is 47.3 Å². The van der Waals surface area contributed by atoms with Gasteiger partial charge in [0.2, 0.25) is 5.43 Å². The van der Waals surface area contributed by atoms with Gasteiger partial charge in [-0.1, -0.05) is 13.8 Å². The first-order chi connectivity index (χ1) is 14.7. The molecular weight excluding hydrogens is 401 g/mol. The van der Waals surface area contributed by atoms with Crippen LogP contribution in [0.15, 0.2) is 17.1 Å². The molecule has 2 aromatic rings. The molecule has 7 nitrogen and oxygen atoms in total. The number of benzene rings is 1. The van der Waals surface area contributed by atoms with E-state index in [-0.39, 0.29) is 34.7 Å². The zero-order valence-electron chi connectivity index (χ0n) is 18.4. The Bertz CT molecular complexity index is 1090. The van der Waals surface area contributed by atoms with Gasteiger partial charge in [-0.15, -0.1) is 0 Å². The molecule has 1 saturated carbocycles. The molecule has 3 atom stereocenters. The number of carboxylic acids is 1. The minimum atomic E-state index is -1.32. The molecule has 2 heterocycles. The number of piperidine rings is 1. The van der Waals surface area contributed by atoms with E-state index in [1.165, 1.54) is 19.4 Å². The Morgan fingerprint density at radius 1 is 1.32 bits per heavy atom. The van der Waals surface area contributed by atoms with Crippen molar-refractivity contribution in [3.63, 3.8) is 0 Å². The summed E-state index contributed by atoms with van der Waals surface area (Å²) in [7, 11) is 3.38. The van der Waals surface area contributed by atoms with E-state index < -0.39 is 23.3 Å². The average Bonchev–Trinajstić information content (AvgIpc) is 3.53. The van der Waals surface area contributed by atoms with Gasteiger partial charge in [0, 0.05) is 18.3 Å². The molecule has 31 heavy (non-hydrogen) atoms. The maximum atomic E-state index is 15.6. The molecule has 3 N–H and O–H groups in total. The number of hydrogen-bond acceptors (Lipinski definition) is 5. The number of aromatic nitrogens is 1. The van der Waals surface area contributed by atoms with E-state index in [0.717, 1.165) is 25.8 Å². The fraction of sp³-hybridized carbons (Fsp3) is 0.565. The molecule has 1 aromatic heterocycles. The number of nitrogens with zero attached hydrogens (tertiary/aromatic N) is 2. The summed E-state index contributed by atoms with van der Waals surface area (Å²) in [6.45, 7) is 5.02. The van der Waals surface area contributed by atoms with Crippen LogP contribution < -0.4 is 15.9 Å². The van der Waals surface area contributed by atoms with E-state index in [2.05, 4.69) is 13.8 Å². The summed E-state index contributed by atoms with van der Waals surface area (Å²) in [6, 6.07) is 0.511. The van der Waals surface area contributed by atoms with Crippen molar-refractivity contribution in [2.45, 2.75) is 51.2 Å². The highest BCUT2D eigenvalue weighted by atomic mass is 19.1. The number of methoxy groups -OCH3 is 1. The Morgan fingerprint density at radius 3 is 2.55 bits per heavy atom. The lowest BCUT2D eigenvalue weighted by Gasteiger charge is -2.44. The maximum absolute atomic E-state index is 15.6. The van der Waals surface area contributed by atoms with Crippen LogP contribution in [0.5, 0.6) is 5.75 Å². The number of halogens is 1. The van der Waals surface area contributed by atoms with Crippen LogP contribution in [0, 0.1) is 17.7 Å². The first-order valence-corrected chi connectivity index (χ1v) is 10.8. The molecule has 0 amide bonds. The van der Waals surface area contributed by atoms with Crippen LogP contribution in [0.4, 0.5) is 4.39 Å². The fourth-order valence-electron chi connectivity index (χ4n) is 5.15. The van der Waals surface area contributed by atoms with Crippen molar-refractivity contribution in [3.05, 3.63) is 39.4 Å². The SMILES string of the molecule is COc1c(C2[C@@H](N)[C@H](C(C)C)CCN2C)c(F)cc2c(=O)c(C(=O)O)cn(C3CC3)c12. The second-order valence-electron chi connectivity index (χ2n) is 9.22. The molecule has 8 heteroatoms. The number of nitrogens with two attached hydrogens (primary N) is 1. The van der Waals surface area contributed by atoms with Crippen LogP contribution in [-0.2, 0) is 0 Å². The highest BCUT2D eigenvalue weighted by Crippen LogP contribution is 2.45. The molecule has 0 bridgehead atoms. The normalized spacial score (nSPS) is 24.7. The van der Waals surface area contributed by atoms with Gasteiger partial charge in [-0.3, -0.25) is 9.69 Å². The third-order valence-electron chi connectivity index (χ3n) is 6.93. The number of aromatic carboxylic acids is 1. The Balaban J connectivity index is 2.02. The third-order valence-corrected chi connectivity index (χ3v) is 6.93. The minimum Gasteiger partial charge on any atom is -0.494 e. The molecule has 1 aromatic carbocycles. The molecule has 1 aliphatic heterocycles. The van der Waals surface area contributed by atoms with Crippen molar-refractivity contribution in [1.29, 1.82) is 0 Å². The predicted molar refractivity (Wildman–Crippen MR) is 116 cm³/mol. The molecule has 2 fully saturated rings. The molecule has 168 valence electrons. The summed E-state index contributed by atoms with van der Waals surface area (Å²) < 4.78 is 23.1. The number of fused-ring (bicyclic) bond motifs is 1. The van der Waals surface area contributed by atoms with Gasteiger partial charge in [-0.25, -0.2) is 9.18 Å². The first kappa shape index (κ1) is 21.8. The molecule has 0 radical (unpaired) electrons. The van der Waals surface area contributed by atoms with Gasteiger partial charge in [0.05, 0.1) is 29.6 Å². The monoisotopic (exact) mass is 431 g/mol. The molecule has 1 saturated heterocycles. The number of rotatable bonds is 5. The van der Waals surface area contributed by atoms with E-state index in [0.29, 0.717) is 17.0 Å². The smallest absolute Gasteiger partial charge is 0.341 e. The molecule has 1 aliphatic carbocycles. The highest BCUT2D eigenvalue weighted by molar-refractivity contribution is 5.95. The summed E-state index contributed by atoms with van der Waals surface area (Å²) >= 11 is 0. The summed E-state index contributed by atoms with van der Waals surface area (Å²) in [4.78, 5) is 26.6. The van der Waals surface area contributed by atoms with Gasteiger partial charge in [0.15, 0.2) is 5.75 Å². The predicted octanol–water partition coefficient (Wildman–Crippen LogP) is 3.16. The zero-order chi connectivity index (χ0) is 22.6. The van der Waals surface area contributed by atoms with E-state index in [1.807, 2.05) is 11.9 Å². The number of carbonyl (C=O) groups is 1. The zero-order valence-corrected chi connectivity index (χ0v) is 18.4. The molecule has 0 spiro atoms. The lowest BCUT2D eigenvalue weighted by atomic mass is 9.76. The lowest BCUT2D eigenvalue weighted by molar-refractivity contribution is 0.0694. The summed E-state index contributed by atoms with van der Waals surface area (Å²) in [6.07, 6.45) is 4.03. The topological polar surface area (TPSA) is 97.8 Å². The van der Waals surface area contributed by atoms with Crippen LogP contribution >= 0.6 is 0 Å². The fourth-order valence-corrected chi connectivity index (χ4v) is 5.15. The summed E-state index contributed by atoms with van der Waals surface area (Å²) in [5.74, 6) is -1.07. The lowest BCUT2D eigenvalue weighted by Crippen LogP contribution is -2.51. The highest BCUT2D eigenvalue weighted by Gasteiger charge is 2.40. The number of ether oxygens (including phenoxy) is 1. The van der Waals surface area contributed by atoms with Crippen molar-refractivity contribution in [3.8, 4) is 5.75 Å². The quantitative estimate of drug-likeness (QED) is 0.755. The summed E-state index contributed by atoms with van der Waals surface area (Å²) in [5.41, 5.74) is 6.40. The van der Waals surface area contributed by atoms with Crippen molar-refractivity contribution in [1.82, 2.24) is 9.47 Å². The van der Waals surface area contributed by atoms with Gasteiger partial charge in [0.1, 0.15) is 11.4 Å². The van der Waals surface area contributed by atoms with Gasteiger partial charge < -0.3 is 20.1 Å². The van der Waals surface area contributed by atoms with E-state index >= 15 is 4.39 Å². The second kappa shape index (κ2) is 7.91. The molecule has 4 rings (SSSR count). The first-order valence-electron chi connectivity index (χ1n) is 10.8. The number of likely N-dealkylation sites (tertiary alicyclic amines) is 1. The average molecular weight is 432 g/mol. The van der Waals surface area contributed by atoms with Crippen molar-refractivity contribution >= 4 is 16.9 Å². The maximum Gasteiger partial charge on any atom is 0.341 e. The van der Waals surface area contributed by atoms with E-state index in [9.17, 15) is 14.7 Å². The van der Waals surface area contributed by atoms with Gasteiger partial charge in [-0.2, -0.15) is 0 Å². The molecule has 2 aliphatic rings. The van der Waals surface area contributed by atoms with Gasteiger partial charge >= 0.3 is 5.97 Å². The number of carboxylic acid groups (broad SMARTS) is 1. The van der Waals surface area contributed by atoms with Gasteiger partial charge in [-0.05, 0) is 50.8 Å². The number of likely N-dealkylation sites (N-methyl/N-ethyl adjacent to an activating group) is 1. The Labute approximate surface area is 180 Å². The van der Waals surface area contributed by atoms with Gasteiger partial charge in [0.25, 0.3) is 0 Å². The van der Waals surface area contributed by atoms with Crippen LogP contribution in [0.2, 0.25) is 0 Å². The third kappa shape index (κ3) is 3.51. The number of hydrogen-bond donors (Lipinski definition) is 2. The molecule has 1 unspecified atom stereocenters. The molecular formula is C23H30FN3O4. The number of pyridine rings is 1. The van der Waals surface area contributed by atoms with Crippen LogP contribution in [0.3, 0.4) is 0 Å². The Hall–Kier alpha value is -2.45. The van der Waals surface area contributed by atoms with Crippen molar-refractivity contribution in [2.24, 2.45) is 17.6 Å². The minimum absolute atomic E-state index is 0.0253. The van der Waals surface area contributed by atoms with Crippen molar-refractivity contribution in [2.75, 3.05) is 20.7 Å². The van der Waals surface area contributed by atoms with Crippen LogP contribution in [0.25, 0.3) is 10.9 Å². The summed E-state index contributed by atoms with van der Waals surface area (Å²) in [5, 5.41) is 9.52. The standard InChI is InChI=1S/C23H30FN3O4/c1-11(2)13-7-8-26(3)20(18(13)25)17-16(24)9-14-19(22(17)31-4)27(12-5-6-12)10-15(21(14)28)23(29)30/h9-13,18,20H,5-8,25H2,1-4H3,(H,29,30)/t13-,18-,20?/m0/s1. The van der Waals surface area contributed by atoms with Crippen LogP contribution in [0.1, 0.15) is 61.1 Å². The second-order valence-corrected chi connectivity index (χ2v) is 9.22. The Morgan fingerprint density at radius 2 is 2.00 bits per heavy atom. The Kier molecular flexibility index (Phi) is 5.55. The largest absolute Gasteiger partial charge is 0.494 e. The van der Waals surface area contributed by atoms with E-state index in [4.69, 9.17) is 10.5 Å². The van der Waals surface area contributed by atoms with Crippen molar-refractivity contribution < 1.29 is 19.0 Å².